The summed E-state index contributed by atoms with van der Waals surface area (Å²) in [6, 6.07) is 0. The monoisotopic (exact) mass is 239 g/mol. The molecular formula is C10H13N3O4. The first-order valence-electron chi connectivity index (χ1n) is 5.33. The minimum atomic E-state index is -1.05. The van der Waals surface area contributed by atoms with Gasteiger partial charge in [-0.1, -0.05) is 0 Å². The molecule has 2 rings (SSSR count). The van der Waals surface area contributed by atoms with Crippen molar-refractivity contribution in [3.8, 4) is 0 Å². The number of ether oxygens (including phenoxy) is 1. The summed E-state index contributed by atoms with van der Waals surface area (Å²) in [7, 11) is 0. The molecule has 17 heavy (non-hydrogen) atoms. The van der Waals surface area contributed by atoms with Crippen LogP contribution in [0.15, 0.2) is 12.5 Å². The van der Waals surface area contributed by atoms with Gasteiger partial charge in [-0.15, -0.1) is 0 Å². The third kappa shape index (κ3) is 2.74. The van der Waals surface area contributed by atoms with Crippen molar-refractivity contribution in [3.05, 3.63) is 18.2 Å². The maximum Gasteiger partial charge on any atom is 0.409 e. The Kier molecular flexibility index (Phi) is 3.27. The molecule has 0 spiro atoms. The Bertz CT molecular complexity index is 429. The summed E-state index contributed by atoms with van der Waals surface area (Å²) >= 11 is 0. The first-order chi connectivity index (χ1) is 8.16. The number of hydrogen-bond donors (Lipinski definition) is 1. The molecule has 0 aromatic carbocycles. The van der Waals surface area contributed by atoms with E-state index in [-0.39, 0.29) is 11.8 Å². The Hall–Kier alpha value is -2.05. The number of aromatic nitrogens is 2. The Morgan fingerprint density at radius 3 is 3.00 bits per heavy atom. The number of carbonyl (C=O) groups is 2. The maximum absolute atomic E-state index is 11.3. The fourth-order valence-electron chi connectivity index (χ4n) is 1.63. The van der Waals surface area contributed by atoms with Gasteiger partial charge in [0, 0.05) is 25.8 Å². The predicted octanol–water partition coefficient (Wildman–Crippen LogP) is 0.424. The first kappa shape index (κ1) is 11.4. The maximum atomic E-state index is 11.3. The average Bonchev–Trinajstić information content (AvgIpc) is 2.77. The van der Waals surface area contributed by atoms with E-state index in [0.29, 0.717) is 26.2 Å². The molecule has 0 saturated carbocycles. The summed E-state index contributed by atoms with van der Waals surface area (Å²) in [4.78, 5) is 27.3. The van der Waals surface area contributed by atoms with Gasteiger partial charge in [0.1, 0.15) is 0 Å². The standard InChI is InChI=1S/C10H13N3O4/c14-9(15)8-6-12(7-11-8)3-4-13-2-1-5-17-10(13)16/h6-7H,1-5H2,(H,14,15). The van der Waals surface area contributed by atoms with Crippen molar-refractivity contribution >= 4 is 12.1 Å². The van der Waals surface area contributed by atoms with Crippen LogP contribution < -0.4 is 0 Å². The highest BCUT2D eigenvalue weighted by molar-refractivity contribution is 5.84. The summed E-state index contributed by atoms with van der Waals surface area (Å²) in [5, 5.41) is 8.70. The summed E-state index contributed by atoms with van der Waals surface area (Å²) in [5.74, 6) is -1.05. The third-order valence-electron chi connectivity index (χ3n) is 2.54. The van der Waals surface area contributed by atoms with E-state index < -0.39 is 5.97 Å². The summed E-state index contributed by atoms with van der Waals surface area (Å²) in [6.45, 7) is 2.16. The Morgan fingerprint density at radius 1 is 1.53 bits per heavy atom. The number of cyclic esters (lactones) is 1. The van der Waals surface area contributed by atoms with Crippen molar-refractivity contribution in [2.24, 2.45) is 0 Å². The zero-order valence-electron chi connectivity index (χ0n) is 9.20. The van der Waals surface area contributed by atoms with E-state index in [1.807, 2.05) is 0 Å². The topological polar surface area (TPSA) is 84.7 Å². The molecule has 1 saturated heterocycles. The minimum absolute atomic E-state index is 0.00576. The number of carbonyl (C=O) groups excluding carboxylic acids is 1. The number of imidazole rings is 1. The van der Waals surface area contributed by atoms with Gasteiger partial charge in [-0.05, 0) is 6.42 Å². The van der Waals surface area contributed by atoms with Crippen molar-refractivity contribution in [2.75, 3.05) is 19.7 Å². The average molecular weight is 239 g/mol. The first-order valence-corrected chi connectivity index (χ1v) is 5.33. The molecule has 0 radical (unpaired) electrons. The Labute approximate surface area is 97.6 Å². The molecule has 1 aromatic heterocycles. The molecule has 7 nitrogen and oxygen atoms in total. The van der Waals surface area contributed by atoms with Gasteiger partial charge in [-0.3, -0.25) is 0 Å². The van der Waals surface area contributed by atoms with E-state index in [2.05, 4.69) is 4.98 Å². The number of amides is 1. The highest BCUT2D eigenvalue weighted by Crippen LogP contribution is 2.05. The van der Waals surface area contributed by atoms with Crippen molar-refractivity contribution in [1.82, 2.24) is 14.5 Å². The van der Waals surface area contributed by atoms with Gasteiger partial charge in [0.25, 0.3) is 0 Å². The lowest BCUT2D eigenvalue weighted by atomic mass is 10.3. The molecule has 1 N–H and O–H groups in total. The lowest BCUT2D eigenvalue weighted by molar-refractivity contribution is 0.0685. The lowest BCUT2D eigenvalue weighted by Gasteiger charge is -2.26. The quantitative estimate of drug-likeness (QED) is 0.823. The predicted molar refractivity (Wildman–Crippen MR) is 56.7 cm³/mol. The number of carboxylic acid groups (broad SMARTS) is 1. The largest absolute Gasteiger partial charge is 0.476 e. The molecule has 0 bridgehead atoms. The molecule has 92 valence electrons. The van der Waals surface area contributed by atoms with Crippen LogP contribution in [0.25, 0.3) is 0 Å². The second-order valence-electron chi connectivity index (χ2n) is 3.76. The fourth-order valence-corrected chi connectivity index (χ4v) is 1.63. The van der Waals surface area contributed by atoms with E-state index in [1.165, 1.54) is 12.5 Å². The van der Waals surface area contributed by atoms with Gasteiger partial charge >= 0.3 is 12.1 Å². The van der Waals surface area contributed by atoms with Crippen LogP contribution in [-0.4, -0.2) is 51.3 Å². The Balaban J connectivity index is 1.88. The molecule has 0 unspecified atom stereocenters. The molecule has 7 heteroatoms. The van der Waals surface area contributed by atoms with Gasteiger partial charge in [-0.25, -0.2) is 14.6 Å². The van der Waals surface area contributed by atoms with Crippen molar-refractivity contribution in [1.29, 1.82) is 0 Å². The van der Waals surface area contributed by atoms with Gasteiger partial charge < -0.3 is 19.3 Å². The second-order valence-corrected chi connectivity index (χ2v) is 3.76. The zero-order chi connectivity index (χ0) is 12.3. The molecule has 1 fully saturated rings. The van der Waals surface area contributed by atoms with Gasteiger partial charge in [0.05, 0.1) is 12.9 Å². The van der Waals surface area contributed by atoms with Crippen LogP contribution in [0, 0.1) is 0 Å². The normalized spacial score (nSPS) is 15.8. The SMILES string of the molecule is O=C(O)c1cn(CCN2CCCOC2=O)cn1. The van der Waals surface area contributed by atoms with Crippen molar-refractivity contribution in [3.63, 3.8) is 0 Å². The Morgan fingerprint density at radius 2 is 2.35 bits per heavy atom. The summed E-state index contributed by atoms with van der Waals surface area (Å²) in [6.07, 6.45) is 3.40. The van der Waals surface area contributed by atoms with Gasteiger partial charge in [0.2, 0.25) is 0 Å². The van der Waals surface area contributed by atoms with E-state index in [9.17, 15) is 9.59 Å². The number of rotatable bonds is 4. The highest BCUT2D eigenvalue weighted by atomic mass is 16.6. The second kappa shape index (κ2) is 4.86. The van der Waals surface area contributed by atoms with Crippen LogP contribution in [0.3, 0.4) is 0 Å². The van der Waals surface area contributed by atoms with Crippen LogP contribution >= 0.6 is 0 Å². The van der Waals surface area contributed by atoms with Crippen LogP contribution in [0.2, 0.25) is 0 Å². The molecule has 1 aromatic rings. The molecule has 1 aliphatic rings. The van der Waals surface area contributed by atoms with E-state index >= 15 is 0 Å². The smallest absolute Gasteiger partial charge is 0.409 e. The molecule has 1 aliphatic heterocycles. The van der Waals surface area contributed by atoms with Crippen LogP contribution in [0.1, 0.15) is 16.9 Å². The van der Waals surface area contributed by atoms with Crippen molar-refractivity contribution in [2.45, 2.75) is 13.0 Å². The molecule has 1 amide bonds. The number of carboxylic acids is 1. The molecule has 0 atom stereocenters. The zero-order valence-corrected chi connectivity index (χ0v) is 9.20. The van der Waals surface area contributed by atoms with Gasteiger partial charge in [0.15, 0.2) is 5.69 Å². The molecule has 2 heterocycles. The van der Waals surface area contributed by atoms with Crippen LogP contribution in [-0.2, 0) is 11.3 Å². The van der Waals surface area contributed by atoms with Crippen LogP contribution in [0.4, 0.5) is 4.79 Å². The number of aromatic carboxylic acids is 1. The summed E-state index contributed by atoms with van der Waals surface area (Å²) in [5.41, 5.74) is 0.00576. The molecular weight excluding hydrogens is 226 g/mol. The number of hydrogen-bond acceptors (Lipinski definition) is 4. The van der Waals surface area contributed by atoms with E-state index in [0.717, 1.165) is 6.42 Å². The van der Waals surface area contributed by atoms with E-state index in [4.69, 9.17) is 9.84 Å². The summed E-state index contributed by atoms with van der Waals surface area (Å²) < 4.78 is 6.53. The minimum Gasteiger partial charge on any atom is -0.476 e. The third-order valence-corrected chi connectivity index (χ3v) is 2.54. The number of nitrogens with zero attached hydrogens (tertiary/aromatic N) is 3. The highest BCUT2D eigenvalue weighted by Gasteiger charge is 2.19. The fraction of sp³-hybridized carbons (Fsp3) is 0.500. The van der Waals surface area contributed by atoms with Crippen LogP contribution in [0.5, 0.6) is 0 Å². The van der Waals surface area contributed by atoms with Gasteiger partial charge in [-0.2, -0.15) is 0 Å². The van der Waals surface area contributed by atoms with E-state index in [1.54, 1.807) is 9.47 Å². The van der Waals surface area contributed by atoms with Crippen molar-refractivity contribution < 1.29 is 19.4 Å². The molecule has 0 aliphatic carbocycles. The lowest BCUT2D eigenvalue weighted by Crippen LogP contribution is -2.39.